The number of amides is 1. The third-order valence-electron chi connectivity index (χ3n) is 3.17. The summed E-state index contributed by atoms with van der Waals surface area (Å²) in [7, 11) is 0. The van der Waals surface area contributed by atoms with Gasteiger partial charge in [-0.15, -0.1) is 0 Å². The van der Waals surface area contributed by atoms with Gasteiger partial charge in [-0.05, 0) is 38.8 Å². The van der Waals surface area contributed by atoms with E-state index in [9.17, 15) is 4.79 Å². The summed E-state index contributed by atoms with van der Waals surface area (Å²) in [5.74, 6) is 0.0415. The molecule has 0 unspecified atom stereocenters. The predicted molar refractivity (Wildman–Crippen MR) is 82.8 cm³/mol. The van der Waals surface area contributed by atoms with Crippen LogP contribution in [-0.4, -0.2) is 29.5 Å². The van der Waals surface area contributed by atoms with E-state index in [1.54, 1.807) is 0 Å². The Morgan fingerprint density at radius 2 is 2.00 bits per heavy atom. The molecule has 1 aromatic heterocycles. The summed E-state index contributed by atoms with van der Waals surface area (Å²) in [5.41, 5.74) is 2.35. The Morgan fingerprint density at radius 1 is 1.25 bits per heavy atom. The van der Waals surface area contributed by atoms with Crippen LogP contribution in [-0.2, 0) is 11.2 Å². The van der Waals surface area contributed by atoms with Crippen LogP contribution in [0, 0.1) is 0 Å². The standard InChI is InChI=1S/C16H23N3O/c1-16(2,3)19-11-15(20)17-9-8-12-10-18-14-7-5-4-6-13(12)14/h4-7,10,18-19H,8-9,11H2,1-3H3,(H,17,20). The van der Waals surface area contributed by atoms with Crippen LogP contribution in [0.5, 0.6) is 0 Å². The van der Waals surface area contributed by atoms with Gasteiger partial charge in [0.1, 0.15) is 0 Å². The lowest BCUT2D eigenvalue weighted by Gasteiger charge is -2.19. The van der Waals surface area contributed by atoms with E-state index in [-0.39, 0.29) is 11.4 Å². The number of benzene rings is 1. The number of hydrogen-bond acceptors (Lipinski definition) is 2. The number of H-pyrrole nitrogens is 1. The summed E-state index contributed by atoms with van der Waals surface area (Å²) in [6, 6.07) is 8.21. The fourth-order valence-electron chi connectivity index (χ4n) is 2.08. The molecule has 0 fully saturated rings. The van der Waals surface area contributed by atoms with Gasteiger partial charge < -0.3 is 15.6 Å². The quantitative estimate of drug-likeness (QED) is 0.782. The van der Waals surface area contributed by atoms with Crippen LogP contribution in [0.1, 0.15) is 26.3 Å². The molecule has 2 rings (SSSR count). The zero-order valence-corrected chi connectivity index (χ0v) is 12.4. The van der Waals surface area contributed by atoms with Crippen molar-refractivity contribution in [3.8, 4) is 0 Å². The van der Waals surface area contributed by atoms with Crippen molar-refractivity contribution in [1.29, 1.82) is 0 Å². The second kappa shape index (κ2) is 6.09. The number of aromatic nitrogens is 1. The van der Waals surface area contributed by atoms with Crippen molar-refractivity contribution in [2.45, 2.75) is 32.7 Å². The third-order valence-corrected chi connectivity index (χ3v) is 3.17. The Hall–Kier alpha value is -1.81. The van der Waals surface area contributed by atoms with Crippen LogP contribution in [0.25, 0.3) is 10.9 Å². The SMILES string of the molecule is CC(C)(C)NCC(=O)NCCc1c[nH]c2ccccc12. The first-order valence-corrected chi connectivity index (χ1v) is 7.02. The number of nitrogens with one attached hydrogen (secondary N) is 3. The maximum atomic E-state index is 11.7. The minimum absolute atomic E-state index is 0.0336. The highest BCUT2D eigenvalue weighted by molar-refractivity contribution is 5.83. The Kier molecular flexibility index (Phi) is 4.45. The highest BCUT2D eigenvalue weighted by atomic mass is 16.1. The molecule has 1 aromatic carbocycles. The highest BCUT2D eigenvalue weighted by Gasteiger charge is 2.11. The molecule has 3 N–H and O–H groups in total. The first-order valence-electron chi connectivity index (χ1n) is 7.02. The average Bonchev–Trinajstić information content (AvgIpc) is 2.79. The van der Waals surface area contributed by atoms with Crippen LogP contribution in [0.15, 0.2) is 30.5 Å². The minimum atomic E-state index is -0.0336. The Labute approximate surface area is 120 Å². The van der Waals surface area contributed by atoms with E-state index in [4.69, 9.17) is 0 Å². The van der Waals surface area contributed by atoms with Gasteiger partial charge in [-0.2, -0.15) is 0 Å². The molecule has 108 valence electrons. The molecule has 0 aliphatic rings. The Morgan fingerprint density at radius 3 is 2.75 bits per heavy atom. The maximum Gasteiger partial charge on any atom is 0.233 e. The molecule has 0 saturated heterocycles. The molecular formula is C16H23N3O. The molecule has 2 aromatic rings. The van der Waals surface area contributed by atoms with Crippen molar-refractivity contribution >= 4 is 16.8 Å². The van der Waals surface area contributed by atoms with E-state index in [1.165, 1.54) is 10.9 Å². The Balaban J connectivity index is 1.80. The van der Waals surface area contributed by atoms with Crippen LogP contribution in [0.2, 0.25) is 0 Å². The molecule has 0 atom stereocenters. The molecule has 0 aliphatic carbocycles. The van der Waals surface area contributed by atoms with Crippen LogP contribution in [0.4, 0.5) is 0 Å². The van der Waals surface area contributed by atoms with Crippen molar-refractivity contribution in [3.63, 3.8) is 0 Å². The van der Waals surface area contributed by atoms with Crippen molar-refractivity contribution in [1.82, 2.24) is 15.6 Å². The van der Waals surface area contributed by atoms with E-state index in [0.717, 1.165) is 11.9 Å². The van der Waals surface area contributed by atoms with Gasteiger partial charge in [-0.3, -0.25) is 4.79 Å². The predicted octanol–water partition coefficient (Wildman–Crippen LogP) is 2.21. The fourth-order valence-corrected chi connectivity index (χ4v) is 2.08. The molecule has 1 amide bonds. The van der Waals surface area contributed by atoms with Crippen molar-refractivity contribution in [3.05, 3.63) is 36.0 Å². The molecule has 20 heavy (non-hydrogen) atoms. The number of hydrogen-bond donors (Lipinski definition) is 3. The summed E-state index contributed by atoms with van der Waals surface area (Å²) >= 11 is 0. The normalized spacial score (nSPS) is 11.8. The lowest BCUT2D eigenvalue weighted by molar-refractivity contribution is -0.120. The second-order valence-electron chi connectivity index (χ2n) is 6.06. The topological polar surface area (TPSA) is 56.9 Å². The zero-order chi connectivity index (χ0) is 14.6. The largest absolute Gasteiger partial charge is 0.361 e. The first kappa shape index (κ1) is 14.6. The van der Waals surface area contributed by atoms with Gasteiger partial charge >= 0.3 is 0 Å². The van der Waals surface area contributed by atoms with E-state index in [1.807, 2.05) is 39.1 Å². The maximum absolute atomic E-state index is 11.7. The number of carbonyl (C=O) groups is 1. The summed E-state index contributed by atoms with van der Waals surface area (Å²) in [4.78, 5) is 14.9. The van der Waals surface area contributed by atoms with Crippen LogP contribution < -0.4 is 10.6 Å². The lowest BCUT2D eigenvalue weighted by atomic mass is 10.1. The molecule has 1 heterocycles. The van der Waals surface area contributed by atoms with E-state index < -0.39 is 0 Å². The molecule has 0 radical (unpaired) electrons. The smallest absolute Gasteiger partial charge is 0.233 e. The van der Waals surface area contributed by atoms with Crippen molar-refractivity contribution in [2.75, 3.05) is 13.1 Å². The summed E-state index contributed by atoms with van der Waals surface area (Å²) in [6.07, 6.45) is 2.86. The number of rotatable bonds is 5. The first-order chi connectivity index (χ1) is 9.46. The number of para-hydroxylation sites is 1. The number of fused-ring (bicyclic) bond motifs is 1. The van der Waals surface area contributed by atoms with Gasteiger partial charge in [0, 0.05) is 29.2 Å². The average molecular weight is 273 g/mol. The van der Waals surface area contributed by atoms with Gasteiger partial charge in [0.15, 0.2) is 0 Å². The monoisotopic (exact) mass is 273 g/mol. The Bertz CT molecular complexity index is 581. The fraction of sp³-hybridized carbons (Fsp3) is 0.438. The molecule has 4 nitrogen and oxygen atoms in total. The second-order valence-corrected chi connectivity index (χ2v) is 6.06. The molecule has 0 spiro atoms. The van der Waals surface area contributed by atoms with E-state index in [2.05, 4.69) is 27.8 Å². The van der Waals surface area contributed by atoms with E-state index >= 15 is 0 Å². The molecule has 0 saturated carbocycles. The van der Waals surface area contributed by atoms with E-state index in [0.29, 0.717) is 13.1 Å². The van der Waals surface area contributed by atoms with Crippen LogP contribution >= 0.6 is 0 Å². The molecule has 0 bridgehead atoms. The summed E-state index contributed by atoms with van der Waals surface area (Å²) < 4.78 is 0. The zero-order valence-electron chi connectivity index (χ0n) is 12.4. The van der Waals surface area contributed by atoms with Crippen molar-refractivity contribution < 1.29 is 4.79 Å². The number of aromatic amines is 1. The third kappa shape index (κ3) is 4.10. The molecular weight excluding hydrogens is 250 g/mol. The molecule has 0 aliphatic heterocycles. The van der Waals surface area contributed by atoms with Gasteiger partial charge in [-0.25, -0.2) is 0 Å². The van der Waals surface area contributed by atoms with Gasteiger partial charge in [0.05, 0.1) is 6.54 Å². The van der Waals surface area contributed by atoms with Gasteiger partial charge in [-0.1, -0.05) is 18.2 Å². The van der Waals surface area contributed by atoms with Crippen molar-refractivity contribution in [2.24, 2.45) is 0 Å². The minimum Gasteiger partial charge on any atom is -0.361 e. The highest BCUT2D eigenvalue weighted by Crippen LogP contribution is 2.17. The lowest BCUT2D eigenvalue weighted by Crippen LogP contribution is -2.43. The van der Waals surface area contributed by atoms with Crippen LogP contribution in [0.3, 0.4) is 0 Å². The molecule has 4 heteroatoms. The van der Waals surface area contributed by atoms with Gasteiger partial charge in [0.25, 0.3) is 0 Å². The number of carbonyl (C=O) groups excluding carboxylic acids is 1. The summed E-state index contributed by atoms with van der Waals surface area (Å²) in [5, 5.41) is 7.35. The summed E-state index contributed by atoms with van der Waals surface area (Å²) in [6.45, 7) is 7.16. The van der Waals surface area contributed by atoms with Gasteiger partial charge in [0.2, 0.25) is 5.91 Å².